The average Bonchev–Trinajstić information content (AvgIpc) is 2.16. The number of rotatable bonds is 3. The Labute approximate surface area is 87.9 Å². The van der Waals surface area contributed by atoms with Crippen LogP contribution >= 0.6 is 30.1 Å². The van der Waals surface area contributed by atoms with Gasteiger partial charge in [0.2, 0.25) is 0 Å². The quantitative estimate of drug-likeness (QED) is 0.870. The zero-order valence-corrected chi connectivity index (χ0v) is 9.55. The van der Waals surface area contributed by atoms with Crippen LogP contribution in [0.3, 0.4) is 0 Å². The highest BCUT2D eigenvalue weighted by Crippen LogP contribution is 2.36. The third-order valence-electron chi connectivity index (χ3n) is 1.52. The smallest absolute Gasteiger partial charge is 0.138 e. The SMILES string of the molecule is COc1c(CO)cccc1SI. The molecule has 12 heavy (non-hydrogen) atoms. The fourth-order valence-electron chi connectivity index (χ4n) is 0.978. The van der Waals surface area contributed by atoms with E-state index in [0.717, 1.165) is 16.2 Å². The maximum Gasteiger partial charge on any atom is 0.138 e. The second-order valence-corrected chi connectivity index (χ2v) is 4.10. The monoisotopic (exact) mass is 296 g/mol. The van der Waals surface area contributed by atoms with Gasteiger partial charge < -0.3 is 9.84 Å². The van der Waals surface area contributed by atoms with Crippen LogP contribution in [0.5, 0.6) is 5.75 Å². The Balaban J connectivity index is 3.13. The number of para-hydroxylation sites is 1. The van der Waals surface area contributed by atoms with E-state index in [1.165, 1.54) is 0 Å². The minimum atomic E-state index is 0.0220. The summed E-state index contributed by atoms with van der Waals surface area (Å²) in [6.45, 7) is 0.0220. The predicted molar refractivity (Wildman–Crippen MR) is 58.8 cm³/mol. The number of ether oxygens (including phenoxy) is 1. The van der Waals surface area contributed by atoms with Crippen LogP contribution in [0.25, 0.3) is 0 Å². The number of aliphatic hydroxyl groups is 1. The highest BCUT2D eigenvalue weighted by atomic mass is 127. The lowest BCUT2D eigenvalue weighted by Crippen LogP contribution is -1.92. The molecule has 0 aliphatic heterocycles. The van der Waals surface area contributed by atoms with Crippen molar-refractivity contribution in [2.45, 2.75) is 11.5 Å². The van der Waals surface area contributed by atoms with Crippen LogP contribution in [0.4, 0.5) is 0 Å². The third-order valence-corrected chi connectivity index (χ3v) is 3.43. The van der Waals surface area contributed by atoms with Gasteiger partial charge >= 0.3 is 0 Å². The molecule has 0 saturated heterocycles. The number of methoxy groups -OCH3 is 1. The molecule has 1 rings (SSSR count). The van der Waals surface area contributed by atoms with Crippen LogP contribution < -0.4 is 4.74 Å². The van der Waals surface area contributed by atoms with Gasteiger partial charge in [-0.3, -0.25) is 0 Å². The second kappa shape index (κ2) is 4.94. The van der Waals surface area contributed by atoms with Crippen molar-refractivity contribution < 1.29 is 9.84 Å². The normalized spacial score (nSPS) is 9.92. The number of halogens is 1. The maximum atomic E-state index is 8.98. The summed E-state index contributed by atoms with van der Waals surface area (Å²) >= 11 is 2.19. The highest BCUT2D eigenvalue weighted by Gasteiger charge is 2.06. The van der Waals surface area contributed by atoms with Gasteiger partial charge in [-0.15, -0.1) is 0 Å². The summed E-state index contributed by atoms with van der Waals surface area (Å²) in [5.74, 6) is 0.777. The molecular weight excluding hydrogens is 287 g/mol. The lowest BCUT2D eigenvalue weighted by molar-refractivity contribution is 0.272. The van der Waals surface area contributed by atoms with Crippen LogP contribution in [0.2, 0.25) is 0 Å². The molecule has 1 aromatic rings. The summed E-state index contributed by atoms with van der Waals surface area (Å²) in [4.78, 5) is 1.05. The van der Waals surface area contributed by atoms with Gasteiger partial charge in [-0.05, 0) is 15.0 Å². The zero-order chi connectivity index (χ0) is 8.97. The molecule has 1 aromatic carbocycles. The van der Waals surface area contributed by atoms with Crippen molar-refractivity contribution in [1.82, 2.24) is 0 Å². The van der Waals surface area contributed by atoms with Crippen LogP contribution in [0.1, 0.15) is 5.56 Å². The van der Waals surface area contributed by atoms with E-state index in [9.17, 15) is 0 Å². The molecule has 0 atom stereocenters. The second-order valence-electron chi connectivity index (χ2n) is 2.18. The van der Waals surface area contributed by atoms with Crippen molar-refractivity contribution in [3.05, 3.63) is 23.8 Å². The van der Waals surface area contributed by atoms with Gasteiger partial charge in [-0.25, -0.2) is 0 Å². The van der Waals surface area contributed by atoms with E-state index in [-0.39, 0.29) is 6.61 Å². The first-order valence-corrected chi connectivity index (χ1v) is 6.74. The first-order valence-electron chi connectivity index (χ1n) is 3.38. The molecule has 4 heteroatoms. The Morgan fingerprint density at radius 3 is 2.83 bits per heavy atom. The van der Waals surface area contributed by atoms with Gasteiger partial charge in [-0.1, -0.05) is 12.1 Å². The molecule has 0 aromatic heterocycles. The van der Waals surface area contributed by atoms with Crippen molar-refractivity contribution >= 4 is 30.1 Å². The molecule has 2 nitrogen and oxygen atoms in total. The Morgan fingerprint density at radius 2 is 2.33 bits per heavy atom. The van der Waals surface area contributed by atoms with Crippen molar-refractivity contribution in [2.24, 2.45) is 0 Å². The molecular formula is C8H9IO2S. The number of hydrogen-bond acceptors (Lipinski definition) is 3. The number of aliphatic hydroxyl groups excluding tert-OH is 1. The topological polar surface area (TPSA) is 29.5 Å². The van der Waals surface area contributed by atoms with Gasteiger partial charge in [-0.2, -0.15) is 0 Å². The van der Waals surface area contributed by atoms with Gasteiger partial charge in [0.15, 0.2) is 0 Å². The molecule has 0 saturated carbocycles. The van der Waals surface area contributed by atoms with Gasteiger partial charge in [0.25, 0.3) is 0 Å². The van der Waals surface area contributed by atoms with Crippen LogP contribution in [0, 0.1) is 0 Å². The molecule has 0 aliphatic rings. The average molecular weight is 296 g/mol. The van der Waals surface area contributed by atoms with E-state index in [1.54, 1.807) is 16.0 Å². The first-order chi connectivity index (χ1) is 5.83. The van der Waals surface area contributed by atoms with Crippen LogP contribution in [-0.2, 0) is 6.61 Å². The van der Waals surface area contributed by atoms with Crippen LogP contribution in [-0.4, -0.2) is 12.2 Å². The summed E-state index contributed by atoms with van der Waals surface area (Å²) in [7, 11) is 3.20. The number of hydrogen-bond donors (Lipinski definition) is 1. The lowest BCUT2D eigenvalue weighted by Gasteiger charge is -2.08. The van der Waals surface area contributed by atoms with E-state index in [4.69, 9.17) is 9.84 Å². The van der Waals surface area contributed by atoms with Crippen molar-refractivity contribution in [3.63, 3.8) is 0 Å². The lowest BCUT2D eigenvalue weighted by atomic mass is 10.2. The molecule has 1 N–H and O–H groups in total. The fourth-order valence-corrected chi connectivity index (χ4v) is 2.43. The Morgan fingerprint density at radius 1 is 1.58 bits per heavy atom. The molecule has 0 heterocycles. The van der Waals surface area contributed by atoms with E-state index in [1.807, 2.05) is 18.2 Å². The zero-order valence-electron chi connectivity index (χ0n) is 6.58. The highest BCUT2D eigenvalue weighted by molar-refractivity contribution is 14.2. The molecule has 0 amide bonds. The summed E-state index contributed by atoms with van der Waals surface area (Å²) in [6.07, 6.45) is 0. The molecule has 0 bridgehead atoms. The van der Waals surface area contributed by atoms with E-state index in [2.05, 4.69) is 21.2 Å². The van der Waals surface area contributed by atoms with Gasteiger partial charge in [0, 0.05) is 26.8 Å². The summed E-state index contributed by atoms with van der Waals surface area (Å²) in [6, 6.07) is 5.74. The van der Waals surface area contributed by atoms with E-state index < -0.39 is 0 Å². The Hall–Kier alpha value is 0.0600. The van der Waals surface area contributed by atoms with Crippen molar-refractivity contribution in [1.29, 1.82) is 0 Å². The Bertz CT molecular complexity index is 243. The minimum Gasteiger partial charge on any atom is -0.495 e. The minimum absolute atomic E-state index is 0.0220. The maximum absolute atomic E-state index is 8.98. The molecule has 0 unspecified atom stereocenters. The molecule has 0 fully saturated rings. The molecule has 0 aliphatic carbocycles. The summed E-state index contributed by atoms with van der Waals surface area (Å²) < 4.78 is 5.17. The van der Waals surface area contributed by atoms with E-state index >= 15 is 0 Å². The van der Waals surface area contributed by atoms with E-state index in [0.29, 0.717) is 0 Å². The van der Waals surface area contributed by atoms with Gasteiger partial charge in [0.1, 0.15) is 5.75 Å². The van der Waals surface area contributed by atoms with Crippen molar-refractivity contribution in [2.75, 3.05) is 7.11 Å². The first kappa shape index (κ1) is 10.1. The largest absolute Gasteiger partial charge is 0.495 e. The summed E-state index contributed by atoms with van der Waals surface area (Å²) in [5.41, 5.74) is 0.833. The number of benzene rings is 1. The van der Waals surface area contributed by atoms with Gasteiger partial charge in [0.05, 0.1) is 18.6 Å². The van der Waals surface area contributed by atoms with Crippen molar-refractivity contribution in [3.8, 4) is 5.75 Å². The molecule has 0 radical (unpaired) electrons. The summed E-state index contributed by atoms with van der Waals surface area (Å²) in [5, 5.41) is 8.98. The standard InChI is InChI=1S/C8H9IO2S/c1-11-8-6(5-10)3-2-4-7(8)12-9/h2-4,10H,5H2,1H3. The molecule has 66 valence electrons. The van der Waals surface area contributed by atoms with Crippen LogP contribution in [0.15, 0.2) is 23.1 Å². The third kappa shape index (κ3) is 2.05. The fraction of sp³-hybridized carbons (Fsp3) is 0.250. The predicted octanol–water partition coefficient (Wildman–Crippen LogP) is 2.63. The molecule has 0 spiro atoms. The Kier molecular flexibility index (Phi) is 4.17.